The molecule has 0 saturated carbocycles. The fourth-order valence-corrected chi connectivity index (χ4v) is 2.24. The number of aromatic nitrogens is 1. The Bertz CT molecular complexity index is 462. The van der Waals surface area contributed by atoms with Gasteiger partial charge >= 0.3 is 0 Å². The summed E-state index contributed by atoms with van der Waals surface area (Å²) in [7, 11) is 0. The average Bonchev–Trinajstić information content (AvgIpc) is 2.51. The lowest BCUT2D eigenvalue weighted by Crippen LogP contribution is -1.84. The van der Waals surface area contributed by atoms with Crippen molar-refractivity contribution in [2.24, 2.45) is 0 Å². The van der Waals surface area contributed by atoms with Crippen LogP contribution < -0.4 is 0 Å². The molecule has 0 bridgehead atoms. The fraction of sp³-hybridized carbons (Fsp3) is 0.182. The Morgan fingerprint density at radius 2 is 2.07 bits per heavy atom. The summed E-state index contributed by atoms with van der Waals surface area (Å²) in [5.41, 5.74) is 4.65. The van der Waals surface area contributed by atoms with E-state index in [9.17, 15) is 0 Å². The summed E-state index contributed by atoms with van der Waals surface area (Å²) < 4.78 is 0.597. The zero-order chi connectivity index (χ0) is 10.1. The smallest absolute Gasteiger partial charge is 0.184 e. The van der Waals surface area contributed by atoms with E-state index < -0.39 is 0 Å². The van der Waals surface area contributed by atoms with Crippen LogP contribution >= 0.6 is 22.9 Å². The molecule has 0 aliphatic heterocycles. The first kappa shape index (κ1) is 9.69. The van der Waals surface area contributed by atoms with Crippen molar-refractivity contribution < 1.29 is 0 Å². The topological polar surface area (TPSA) is 12.9 Å². The van der Waals surface area contributed by atoms with Crippen LogP contribution in [0, 0.1) is 13.8 Å². The number of hydrogen-bond donors (Lipinski definition) is 0. The first-order chi connectivity index (χ1) is 6.66. The molecule has 2 aromatic rings. The van der Waals surface area contributed by atoms with E-state index >= 15 is 0 Å². The SMILES string of the molecule is Cc1ccc(-c2csc(Cl)n2)c(C)c1. The Hall–Kier alpha value is -0.860. The standard InChI is InChI=1S/C11H10ClNS/c1-7-3-4-9(8(2)5-7)10-6-14-11(12)13-10/h3-6H,1-2H3. The Morgan fingerprint density at radius 1 is 1.29 bits per heavy atom. The van der Waals surface area contributed by atoms with Crippen LogP contribution in [0.4, 0.5) is 0 Å². The molecule has 1 heterocycles. The fourth-order valence-electron chi connectivity index (χ4n) is 1.48. The summed E-state index contributed by atoms with van der Waals surface area (Å²) >= 11 is 7.27. The number of thiazole rings is 1. The van der Waals surface area contributed by atoms with Gasteiger partial charge in [-0.15, -0.1) is 11.3 Å². The molecule has 1 nitrogen and oxygen atoms in total. The van der Waals surface area contributed by atoms with Crippen molar-refractivity contribution in [3.05, 3.63) is 39.2 Å². The van der Waals surface area contributed by atoms with Gasteiger partial charge in [0.15, 0.2) is 4.47 Å². The molecule has 0 aliphatic rings. The second-order valence-electron chi connectivity index (χ2n) is 3.30. The molecule has 2 rings (SSSR count). The second-order valence-corrected chi connectivity index (χ2v) is 4.74. The molecule has 0 amide bonds. The summed E-state index contributed by atoms with van der Waals surface area (Å²) in [5, 5.41) is 1.99. The van der Waals surface area contributed by atoms with Gasteiger partial charge in [-0.2, -0.15) is 0 Å². The Kier molecular flexibility index (Phi) is 2.57. The van der Waals surface area contributed by atoms with E-state index in [1.54, 1.807) is 0 Å². The van der Waals surface area contributed by atoms with Gasteiger partial charge < -0.3 is 0 Å². The molecule has 0 saturated heterocycles. The maximum atomic E-state index is 5.80. The van der Waals surface area contributed by atoms with Gasteiger partial charge in [-0.3, -0.25) is 0 Å². The third-order valence-electron chi connectivity index (χ3n) is 2.13. The average molecular weight is 224 g/mol. The minimum absolute atomic E-state index is 0.597. The highest BCUT2D eigenvalue weighted by Gasteiger charge is 2.05. The van der Waals surface area contributed by atoms with Crippen molar-refractivity contribution in [1.82, 2.24) is 4.98 Å². The van der Waals surface area contributed by atoms with Gasteiger partial charge in [0.1, 0.15) is 0 Å². The van der Waals surface area contributed by atoms with E-state index in [-0.39, 0.29) is 0 Å². The number of halogens is 1. The lowest BCUT2D eigenvalue weighted by Gasteiger charge is -2.02. The lowest BCUT2D eigenvalue weighted by molar-refractivity contribution is 1.34. The van der Waals surface area contributed by atoms with Crippen LogP contribution in [-0.2, 0) is 0 Å². The minimum atomic E-state index is 0.597. The highest BCUT2D eigenvalue weighted by atomic mass is 35.5. The molecule has 1 aromatic carbocycles. The van der Waals surface area contributed by atoms with Crippen LogP contribution in [0.2, 0.25) is 4.47 Å². The molecule has 0 radical (unpaired) electrons. The van der Waals surface area contributed by atoms with Crippen molar-refractivity contribution in [3.63, 3.8) is 0 Å². The van der Waals surface area contributed by atoms with Gasteiger partial charge in [0, 0.05) is 10.9 Å². The second kappa shape index (κ2) is 3.71. The third kappa shape index (κ3) is 1.81. The molecule has 0 unspecified atom stereocenters. The Morgan fingerprint density at radius 3 is 2.64 bits per heavy atom. The lowest BCUT2D eigenvalue weighted by atomic mass is 10.0. The maximum absolute atomic E-state index is 5.80. The monoisotopic (exact) mass is 223 g/mol. The molecule has 3 heteroatoms. The van der Waals surface area contributed by atoms with Crippen LogP contribution in [0.15, 0.2) is 23.6 Å². The van der Waals surface area contributed by atoms with E-state index in [2.05, 4.69) is 37.0 Å². The quantitative estimate of drug-likeness (QED) is 0.710. The molecule has 0 atom stereocenters. The zero-order valence-electron chi connectivity index (χ0n) is 8.04. The molecule has 14 heavy (non-hydrogen) atoms. The van der Waals surface area contributed by atoms with Crippen molar-refractivity contribution in [3.8, 4) is 11.3 Å². The molecular weight excluding hydrogens is 214 g/mol. The summed E-state index contributed by atoms with van der Waals surface area (Å²) in [5.74, 6) is 0. The number of aryl methyl sites for hydroxylation is 2. The molecule has 0 aliphatic carbocycles. The Labute approximate surface area is 92.4 Å². The predicted molar refractivity (Wildman–Crippen MR) is 62.0 cm³/mol. The molecule has 72 valence electrons. The van der Waals surface area contributed by atoms with Gasteiger partial charge in [0.2, 0.25) is 0 Å². The molecular formula is C11H10ClNS. The molecule has 1 aromatic heterocycles. The molecule has 0 spiro atoms. The van der Waals surface area contributed by atoms with Crippen molar-refractivity contribution in [1.29, 1.82) is 0 Å². The van der Waals surface area contributed by atoms with Crippen molar-refractivity contribution in [2.75, 3.05) is 0 Å². The van der Waals surface area contributed by atoms with E-state index in [0.29, 0.717) is 4.47 Å². The number of rotatable bonds is 1. The van der Waals surface area contributed by atoms with Crippen LogP contribution in [0.5, 0.6) is 0 Å². The molecule has 0 N–H and O–H groups in total. The van der Waals surface area contributed by atoms with E-state index in [1.165, 1.54) is 28.0 Å². The largest absolute Gasteiger partial charge is 0.225 e. The molecule has 0 fully saturated rings. The maximum Gasteiger partial charge on any atom is 0.184 e. The normalized spacial score (nSPS) is 10.5. The van der Waals surface area contributed by atoms with Gasteiger partial charge in [-0.05, 0) is 19.4 Å². The van der Waals surface area contributed by atoms with Crippen LogP contribution in [0.3, 0.4) is 0 Å². The van der Waals surface area contributed by atoms with Crippen LogP contribution in [0.25, 0.3) is 11.3 Å². The summed E-state index contributed by atoms with van der Waals surface area (Å²) in [6.07, 6.45) is 0. The van der Waals surface area contributed by atoms with E-state index in [1.807, 2.05) is 5.38 Å². The zero-order valence-corrected chi connectivity index (χ0v) is 9.62. The first-order valence-corrected chi connectivity index (χ1v) is 5.61. The predicted octanol–water partition coefficient (Wildman–Crippen LogP) is 4.08. The summed E-state index contributed by atoms with van der Waals surface area (Å²) in [6, 6.07) is 6.34. The summed E-state index contributed by atoms with van der Waals surface area (Å²) in [4.78, 5) is 4.26. The first-order valence-electron chi connectivity index (χ1n) is 4.35. The highest BCUT2D eigenvalue weighted by Crippen LogP contribution is 2.27. The number of benzene rings is 1. The van der Waals surface area contributed by atoms with E-state index in [0.717, 1.165) is 5.69 Å². The van der Waals surface area contributed by atoms with Crippen LogP contribution in [-0.4, -0.2) is 4.98 Å². The van der Waals surface area contributed by atoms with Crippen molar-refractivity contribution in [2.45, 2.75) is 13.8 Å². The van der Waals surface area contributed by atoms with E-state index in [4.69, 9.17) is 11.6 Å². The third-order valence-corrected chi connectivity index (χ3v) is 3.11. The van der Waals surface area contributed by atoms with Crippen molar-refractivity contribution >= 4 is 22.9 Å². The van der Waals surface area contributed by atoms with Gasteiger partial charge in [0.25, 0.3) is 0 Å². The van der Waals surface area contributed by atoms with Gasteiger partial charge in [0.05, 0.1) is 5.69 Å². The van der Waals surface area contributed by atoms with Crippen LogP contribution in [0.1, 0.15) is 11.1 Å². The Balaban J connectivity index is 2.52. The number of nitrogens with zero attached hydrogens (tertiary/aromatic N) is 1. The minimum Gasteiger partial charge on any atom is -0.225 e. The highest BCUT2D eigenvalue weighted by molar-refractivity contribution is 7.14. The van der Waals surface area contributed by atoms with Gasteiger partial charge in [-0.1, -0.05) is 35.4 Å². The number of hydrogen-bond acceptors (Lipinski definition) is 2. The van der Waals surface area contributed by atoms with Gasteiger partial charge in [-0.25, -0.2) is 4.98 Å². The summed E-state index contributed by atoms with van der Waals surface area (Å²) in [6.45, 7) is 4.18.